The average Bonchev–Trinajstić information content (AvgIpc) is 3.41. The number of alkyl halides is 6. The van der Waals surface area contributed by atoms with E-state index in [9.17, 15) is 41.0 Å². The Morgan fingerprint density at radius 1 is 1.08 bits per heavy atom. The highest BCUT2D eigenvalue weighted by Crippen LogP contribution is 2.33. The molecule has 0 radical (unpaired) electrons. The number of aliphatic hydroxyl groups is 1. The Morgan fingerprint density at radius 3 is 2.33 bits per heavy atom. The number of pyridine rings is 1. The van der Waals surface area contributed by atoms with Crippen LogP contribution in [0, 0.1) is 0 Å². The van der Waals surface area contributed by atoms with Crippen molar-refractivity contribution >= 4 is 29.1 Å². The number of hydrazone groups is 1. The number of hydrogen-bond donors (Lipinski definition) is 2. The van der Waals surface area contributed by atoms with Crippen molar-refractivity contribution in [3.05, 3.63) is 70.4 Å². The van der Waals surface area contributed by atoms with E-state index in [1.165, 1.54) is 24.3 Å². The first-order valence-corrected chi connectivity index (χ1v) is 11.0. The highest BCUT2D eigenvalue weighted by atomic mass is 35.5. The number of aromatic nitrogens is 4. The second-order valence-electron chi connectivity index (χ2n) is 7.92. The van der Waals surface area contributed by atoms with E-state index in [0.29, 0.717) is 15.6 Å². The first-order valence-electron chi connectivity index (χ1n) is 10.6. The molecule has 1 unspecified atom stereocenters. The molecule has 1 atom stereocenters. The second kappa shape index (κ2) is 10.1. The number of amides is 1. The van der Waals surface area contributed by atoms with Gasteiger partial charge >= 0.3 is 12.4 Å². The number of hydrogen-bond acceptors (Lipinski definition) is 9. The third-order valence-corrected chi connectivity index (χ3v) is 5.49. The Bertz CT molecular complexity index is 1440. The molecule has 206 valence electrons. The number of primary amides is 1. The van der Waals surface area contributed by atoms with Gasteiger partial charge in [-0.15, -0.1) is 5.10 Å². The van der Waals surface area contributed by atoms with Crippen molar-refractivity contribution in [3.63, 3.8) is 0 Å². The van der Waals surface area contributed by atoms with Crippen molar-refractivity contribution in [3.8, 4) is 5.82 Å². The maximum absolute atomic E-state index is 13.5. The minimum atomic E-state index is -5.21. The molecule has 0 saturated carbocycles. The molecule has 4 rings (SSSR count). The zero-order valence-corrected chi connectivity index (χ0v) is 19.9. The third kappa shape index (κ3) is 5.78. The Kier molecular flexibility index (Phi) is 7.22. The molecule has 3 heterocycles. The summed E-state index contributed by atoms with van der Waals surface area (Å²) < 4.78 is 79.9. The van der Waals surface area contributed by atoms with E-state index >= 15 is 0 Å². The van der Waals surface area contributed by atoms with Crippen LogP contribution in [0.2, 0.25) is 5.02 Å². The van der Waals surface area contributed by atoms with Gasteiger partial charge in [-0.1, -0.05) is 11.6 Å². The van der Waals surface area contributed by atoms with Crippen molar-refractivity contribution in [2.75, 3.05) is 6.54 Å². The van der Waals surface area contributed by atoms with Gasteiger partial charge in [-0.2, -0.15) is 36.1 Å². The predicted molar refractivity (Wildman–Crippen MR) is 120 cm³/mol. The van der Waals surface area contributed by atoms with Crippen LogP contribution >= 0.6 is 11.6 Å². The molecular formula is C21H15ClF6N8O3. The van der Waals surface area contributed by atoms with Crippen LogP contribution in [-0.2, 0) is 17.5 Å². The summed E-state index contributed by atoms with van der Waals surface area (Å²) in [7, 11) is 0. The van der Waals surface area contributed by atoms with Crippen molar-refractivity contribution in [2.24, 2.45) is 10.8 Å². The lowest BCUT2D eigenvalue weighted by Gasteiger charge is -2.26. The molecule has 1 aliphatic rings. The van der Waals surface area contributed by atoms with Gasteiger partial charge < -0.3 is 15.7 Å². The fourth-order valence-corrected chi connectivity index (χ4v) is 3.63. The second-order valence-corrected chi connectivity index (χ2v) is 8.36. The summed E-state index contributed by atoms with van der Waals surface area (Å²) in [5, 5.41) is 19.7. The number of rotatable bonds is 7. The molecule has 0 aliphatic carbocycles. The Hall–Kier alpha value is -4.25. The van der Waals surface area contributed by atoms with Gasteiger partial charge in [0, 0.05) is 16.8 Å². The van der Waals surface area contributed by atoms with Gasteiger partial charge in [0.05, 0.1) is 6.54 Å². The van der Waals surface area contributed by atoms with E-state index < -0.39 is 66.5 Å². The summed E-state index contributed by atoms with van der Waals surface area (Å²) in [6, 6.07) is 7.24. The number of Topliss-reactive ketones (excluding diaryl/α,β-unsaturated/α-hetero) is 1. The Labute approximate surface area is 219 Å². The zero-order valence-electron chi connectivity index (χ0n) is 19.2. The van der Waals surface area contributed by atoms with Crippen molar-refractivity contribution in [1.82, 2.24) is 29.7 Å². The molecule has 3 aromatic rings. The summed E-state index contributed by atoms with van der Waals surface area (Å²) in [4.78, 5) is 31.7. The SMILES string of the molecule is NC(=O)c1nc(CN2N=C(c3ccc(Cl)cc3)N(CC(=O)C(F)(F)F)C2O)nn1-c1ncccc1C(F)(F)F. The van der Waals surface area contributed by atoms with Gasteiger partial charge in [-0.3, -0.25) is 9.59 Å². The summed E-state index contributed by atoms with van der Waals surface area (Å²) in [6.07, 6.45) is -11.1. The number of benzene rings is 1. The molecule has 11 nitrogen and oxygen atoms in total. The monoisotopic (exact) mass is 576 g/mol. The molecule has 0 fully saturated rings. The number of ketones is 1. The molecule has 0 bridgehead atoms. The molecule has 18 heteroatoms. The molecule has 1 amide bonds. The van der Waals surface area contributed by atoms with Crippen LogP contribution < -0.4 is 5.73 Å². The number of carbonyl (C=O) groups excluding carboxylic acids is 2. The smallest absolute Gasteiger partial charge is 0.363 e. The Balaban J connectivity index is 1.72. The fourth-order valence-electron chi connectivity index (χ4n) is 3.50. The standard InChI is InChI=1S/C21H15ClF6N8O3/c22-11-5-3-10(4-6-11)16-33-35(19(39)34(16)8-13(37)21(26,27)28)9-14-31-18(15(29)38)36(32-14)17-12(20(23,24)25)2-1-7-30-17/h1-7,19,39H,8-9H2,(H2,29,38). The number of aliphatic hydroxyl groups excluding tert-OH is 1. The highest BCUT2D eigenvalue weighted by Gasteiger charge is 2.44. The number of halogens is 7. The zero-order chi connectivity index (χ0) is 28.7. The topological polar surface area (TPSA) is 143 Å². The lowest BCUT2D eigenvalue weighted by molar-refractivity contribution is -0.174. The number of carbonyl (C=O) groups is 2. The van der Waals surface area contributed by atoms with Crippen LogP contribution in [0.5, 0.6) is 0 Å². The minimum absolute atomic E-state index is 0.176. The number of nitrogens with two attached hydrogens (primary N) is 1. The van der Waals surface area contributed by atoms with Crippen LogP contribution in [-0.4, -0.2) is 71.4 Å². The van der Waals surface area contributed by atoms with Gasteiger partial charge in [0.2, 0.25) is 12.2 Å². The summed E-state index contributed by atoms with van der Waals surface area (Å²) in [5.41, 5.74) is 4.18. The van der Waals surface area contributed by atoms with Crippen LogP contribution in [0.3, 0.4) is 0 Å². The van der Waals surface area contributed by atoms with E-state index in [1.807, 2.05) is 0 Å². The number of amidine groups is 1. The first kappa shape index (κ1) is 27.8. The van der Waals surface area contributed by atoms with E-state index in [1.54, 1.807) is 0 Å². The van der Waals surface area contributed by atoms with E-state index in [-0.39, 0.29) is 16.4 Å². The van der Waals surface area contributed by atoms with Crippen LogP contribution in [0.1, 0.15) is 27.6 Å². The summed E-state index contributed by atoms with van der Waals surface area (Å²) in [6.45, 7) is -1.95. The predicted octanol–water partition coefficient (Wildman–Crippen LogP) is 2.32. The molecule has 3 N–H and O–H groups in total. The third-order valence-electron chi connectivity index (χ3n) is 5.24. The lowest BCUT2D eigenvalue weighted by atomic mass is 10.2. The van der Waals surface area contributed by atoms with E-state index in [2.05, 4.69) is 20.2 Å². The van der Waals surface area contributed by atoms with E-state index in [4.69, 9.17) is 17.3 Å². The number of nitrogens with zero attached hydrogens (tertiary/aromatic N) is 7. The lowest BCUT2D eigenvalue weighted by Crippen LogP contribution is -2.47. The molecule has 39 heavy (non-hydrogen) atoms. The average molecular weight is 577 g/mol. The molecule has 0 saturated heterocycles. The van der Waals surface area contributed by atoms with Crippen LogP contribution in [0.15, 0.2) is 47.7 Å². The van der Waals surface area contributed by atoms with Gasteiger partial charge in [0.25, 0.3) is 11.7 Å². The molecule has 1 aliphatic heterocycles. The normalized spacial score (nSPS) is 16.0. The minimum Gasteiger partial charge on any atom is -0.363 e. The molecule has 0 spiro atoms. The van der Waals surface area contributed by atoms with Gasteiger partial charge in [0.1, 0.15) is 12.1 Å². The first-order chi connectivity index (χ1) is 18.2. The maximum atomic E-state index is 13.5. The largest absolute Gasteiger partial charge is 0.451 e. The van der Waals surface area contributed by atoms with Crippen LogP contribution in [0.25, 0.3) is 5.82 Å². The molecule has 1 aromatic carbocycles. The van der Waals surface area contributed by atoms with Crippen LogP contribution in [0.4, 0.5) is 26.3 Å². The quantitative estimate of drug-likeness (QED) is 0.408. The maximum Gasteiger partial charge on any atom is 0.451 e. The van der Waals surface area contributed by atoms with Gasteiger partial charge in [0.15, 0.2) is 17.5 Å². The Morgan fingerprint density at radius 2 is 1.74 bits per heavy atom. The van der Waals surface area contributed by atoms with Gasteiger partial charge in [-0.05, 0) is 36.4 Å². The van der Waals surface area contributed by atoms with Crippen molar-refractivity contribution in [1.29, 1.82) is 0 Å². The molecular weight excluding hydrogens is 562 g/mol. The molecule has 2 aromatic heterocycles. The van der Waals surface area contributed by atoms with Gasteiger partial charge in [-0.25, -0.2) is 15.0 Å². The summed E-state index contributed by atoms with van der Waals surface area (Å²) >= 11 is 5.85. The van der Waals surface area contributed by atoms with Crippen molar-refractivity contribution < 1.29 is 41.0 Å². The fraction of sp³-hybridized carbons (Fsp3) is 0.238. The van der Waals surface area contributed by atoms with E-state index in [0.717, 1.165) is 17.3 Å². The highest BCUT2D eigenvalue weighted by molar-refractivity contribution is 6.30. The van der Waals surface area contributed by atoms with Crippen molar-refractivity contribution in [2.45, 2.75) is 25.2 Å². The summed E-state index contributed by atoms with van der Waals surface area (Å²) in [5.74, 6) is -5.66.